The average molecular weight is 322 g/mol. The number of hydrogen-bond donors (Lipinski definition) is 2. The second kappa shape index (κ2) is 6.24. The zero-order valence-corrected chi connectivity index (χ0v) is 13.8. The number of H-pyrrole nitrogens is 1. The van der Waals surface area contributed by atoms with Crippen LogP contribution in [-0.2, 0) is 0 Å². The van der Waals surface area contributed by atoms with Crippen molar-refractivity contribution in [3.63, 3.8) is 0 Å². The maximum atomic E-state index is 11.2. The number of fused-ring (bicyclic) bond motifs is 1. The molecule has 1 aliphatic carbocycles. The molecule has 1 saturated carbocycles. The van der Waals surface area contributed by atoms with Crippen LogP contribution in [0.4, 0.5) is 0 Å². The SMILES string of the molecule is C[C@@H](NC1CC[C@H](c2ccc(=O)[nH]c2)C1)c1cnc2ccccn12. The Morgan fingerprint density at radius 1 is 1.29 bits per heavy atom. The molecule has 0 aromatic carbocycles. The second-order valence-corrected chi connectivity index (χ2v) is 6.69. The van der Waals surface area contributed by atoms with E-state index in [1.165, 1.54) is 11.3 Å². The number of aromatic nitrogens is 3. The molecule has 0 bridgehead atoms. The summed E-state index contributed by atoms with van der Waals surface area (Å²) in [4.78, 5) is 18.5. The highest BCUT2D eigenvalue weighted by molar-refractivity contribution is 5.40. The fraction of sp³-hybridized carbons (Fsp3) is 0.368. The van der Waals surface area contributed by atoms with Crippen molar-refractivity contribution in [2.24, 2.45) is 0 Å². The molecule has 3 aromatic rings. The van der Waals surface area contributed by atoms with E-state index in [0.29, 0.717) is 12.0 Å². The molecule has 0 radical (unpaired) electrons. The summed E-state index contributed by atoms with van der Waals surface area (Å²) in [5.74, 6) is 0.522. The molecule has 0 aliphatic heterocycles. The Bertz CT molecular complexity index is 877. The van der Waals surface area contributed by atoms with Gasteiger partial charge in [0.1, 0.15) is 5.65 Å². The molecule has 5 heteroatoms. The van der Waals surface area contributed by atoms with Gasteiger partial charge < -0.3 is 14.7 Å². The minimum absolute atomic E-state index is 0.0346. The first-order valence-electron chi connectivity index (χ1n) is 8.57. The monoisotopic (exact) mass is 322 g/mol. The van der Waals surface area contributed by atoms with E-state index in [2.05, 4.69) is 32.8 Å². The zero-order valence-electron chi connectivity index (χ0n) is 13.8. The number of aromatic amines is 1. The molecule has 4 rings (SSSR count). The van der Waals surface area contributed by atoms with Gasteiger partial charge in [-0.05, 0) is 49.8 Å². The van der Waals surface area contributed by atoms with Crippen molar-refractivity contribution in [1.29, 1.82) is 0 Å². The minimum Gasteiger partial charge on any atom is -0.329 e. The zero-order chi connectivity index (χ0) is 16.5. The Labute approximate surface area is 140 Å². The van der Waals surface area contributed by atoms with Gasteiger partial charge in [0.05, 0.1) is 11.9 Å². The summed E-state index contributed by atoms with van der Waals surface area (Å²) in [5.41, 5.74) is 3.38. The molecule has 0 spiro atoms. The van der Waals surface area contributed by atoms with E-state index in [4.69, 9.17) is 0 Å². The van der Waals surface area contributed by atoms with Crippen LogP contribution in [-0.4, -0.2) is 20.4 Å². The van der Waals surface area contributed by atoms with Crippen LogP contribution in [0, 0.1) is 0 Å². The van der Waals surface area contributed by atoms with Crippen LogP contribution in [0.1, 0.15) is 49.4 Å². The van der Waals surface area contributed by atoms with Crippen molar-refractivity contribution >= 4 is 5.65 Å². The molecule has 2 N–H and O–H groups in total. The first-order chi connectivity index (χ1) is 11.7. The molecule has 124 valence electrons. The van der Waals surface area contributed by atoms with E-state index >= 15 is 0 Å². The summed E-state index contributed by atoms with van der Waals surface area (Å²) < 4.78 is 2.14. The maximum Gasteiger partial charge on any atom is 0.247 e. The van der Waals surface area contributed by atoms with Gasteiger partial charge in [-0.1, -0.05) is 12.1 Å². The van der Waals surface area contributed by atoms with E-state index in [9.17, 15) is 4.79 Å². The van der Waals surface area contributed by atoms with Crippen molar-refractivity contribution in [3.8, 4) is 0 Å². The molecular formula is C19H22N4O. The molecule has 3 atom stereocenters. The van der Waals surface area contributed by atoms with E-state index in [1.54, 1.807) is 6.07 Å². The fourth-order valence-corrected chi connectivity index (χ4v) is 3.82. The Balaban J connectivity index is 1.44. The van der Waals surface area contributed by atoms with Crippen LogP contribution >= 0.6 is 0 Å². The van der Waals surface area contributed by atoms with Crippen molar-refractivity contribution in [1.82, 2.24) is 19.7 Å². The van der Waals surface area contributed by atoms with E-state index in [-0.39, 0.29) is 11.6 Å². The molecule has 1 aliphatic rings. The number of rotatable bonds is 4. The van der Waals surface area contributed by atoms with Crippen LogP contribution in [0.3, 0.4) is 0 Å². The molecule has 3 aromatic heterocycles. The highest BCUT2D eigenvalue weighted by Gasteiger charge is 2.27. The van der Waals surface area contributed by atoms with Crippen molar-refractivity contribution in [3.05, 3.63) is 70.5 Å². The molecule has 0 saturated heterocycles. The first-order valence-corrected chi connectivity index (χ1v) is 8.57. The highest BCUT2D eigenvalue weighted by atomic mass is 16.1. The number of hydrogen-bond acceptors (Lipinski definition) is 3. The lowest BCUT2D eigenvalue weighted by atomic mass is 9.99. The summed E-state index contributed by atoms with van der Waals surface area (Å²) >= 11 is 0. The topological polar surface area (TPSA) is 62.2 Å². The third-order valence-electron chi connectivity index (χ3n) is 5.09. The summed E-state index contributed by atoms with van der Waals surface area (Å²) in [7, 11) is 0. The van der Waals surface area contributed by atoms with Gasteiger partial charge in [0.2, 0.25) is 5.56 Å². The molecule has 1 fully saturated rings. The summed E-state index contributed by atoms with van der Waals surface area (Å²) in [6.07, 6.45) is 9.31. The van der Waals surface area contributed by atoms with Crippen LogP contribution < -0.4 is 10.9 Å². The molecule has 24 heavy (non-hydrogen) atoms. The van der Waals surface area contributed by atoms with E-state index < -0.39 is 0 Å². The number of imidazole rings is 1. The normalized spacial score (nSPS) is 22.0. The van der Waals surface area contributed by atoms with Gasteiger partial charge in [0.25, 0.3) is 0 Å². The van der Waals surface area contributed by atoms with Gasteiger partial charge in [-0.2, -0.15) is 0 Å². The third kappa shape index (κ3) is 2.87. The van der Waals surface area contributed by atoms with Crippen LogP contribution in [0.2, 0.25) is 0 Å². The van der Waals surface area contributed by atoms with Gasteiger partial charge in [-0.25, -0.2) is 4.98 Å². The van der Waals surface area contributed by atoms with Gasteiger partial charge in [0, 0.05) is 30.5 Å². The van der Waals surface area contributed by atoms with Gasteiger partial charge in [-0.3, -0.25) is 4.79 Å². The Kier molecular flexibility index (Phi) is 3.94. The lowest BCUT2D eigenvalue weighted by Crippen LogP contribution is -2.30. The number of nitrogens with zero attached hydrogens (tertiary/aromatic N) is 2. The van der Waals surface area contributed by atoms with Gasteiger partial charge >= 0.3 is 0 Å². The predicted octanol–water partition coefficient (Wildman–Crippen LogP) is 3.01. The van der Waals surface area contributed by atoms with Crippen LogP contribution in [0.5, 0.6) is 0 Å². The molecule has 0 amide bonds. The Morgan fingerprint density at radius 2 is 2.21 bits per heavy atom. The summed E-state index contributed by atoms with van der Waals surface area (Å²) in [5, 5.41) is 3.75. The number of pyridine rings is 2. The second-order valence-electron chi connectivity index (χ2n) is 6.69. The fourth-order valence-electron chi connectivity index (χ4n) is 3.82. The standard InChI is InChI=1S/C19H22N4O/c1-13(17-12-20-18-4-2-3-9-23(17)18)22-16-7-5-14(10-16)15-6-8-19(24)21-11-15/h2-4,6,8-9,11-14,16,22H,5,7,10H2,1H3,(H,21,24)/t13-,14+,16?/m1/s1. The summed E-state index contributed by atoms with van der Waals surface area (Å²) in [6.45, 7) is 2.20. The van der Waals surface area contributed by atoms with Crippen molar-refractivity contribution in [2.75, 3.05) is 0 Å². The Morgan fingerprint density at radius 3 is 3.04 bits per heavy atom. The third-order valence-corrected chi connectivity index (χ3v) is 5.09. The molecule has 3 heterocycles. The lowest BCUT2D eigenvalue weighted by molar-refractivity contribution is 0.449. The highest BCUT2D eigenvalue weighted by Crippen LogP contribution is 2.34. The average Bonchev–Trinajstić information content (AvgIpc) is 3.22. The molecule has 5 nitrogen and oxygen atoms in total. The van der Waals surface area contributed by atoms with Crippen LogP contribution in [0.15, 0.2) is 53.7 Å². The van der Waals surface area contributed by atoms with Crippen molar-refractivity contribution in [2.45, 2.75) is 44.2 Å². The van der Waals surface area contributed by atoms with E-state index in [0.717, 1.165) is 24.9 Å². The maximum absolute atomic E-state index is 11.2. The minimum atomic E-state index is -0.0346. The smallest absolute Gasteiger partial charge is 0.247 e. The van der Waals surface area contributed by atoms with E-state index in [1.807, 2.05) is 36.7 Å². The summed E-state index contributed by atoms with van der Waals surface area (Å²) in [6, 6.07) is 10.4. The number of nitrogens with one attached hydrogen (secondary N) is 2. The quantitative estimate of drug-likeness (QED) is 0.776. The lowest BCUT2D eigenvalue weighted by Gasteiger charge is -2.19. The van der Waals surface area contributed by atoms with Gasteiger partial charge in [0.15, 0.2) is 0 Å². The van der Waals surface area contributed by atoms with Gasteiger partial charge in [-0.15, -0.1) is 0 Å². The first kappa shape index (κ1) is 15.1. The van der Waals surface area contributed by atoms with Crippen LogP contribution in [0.25, 0.3) is 5.65 Å². The molecular weight excluding hydrogens is 300 g/mol. The predicted molar refractivity (Wildman–Crippen MR) is 94.2 cm³/mol. The Hall–Kier alpha value is -2.40. The van der Waals surface area contributed by atoms with Crippen molar-refractivity contribution < 1.29 is 0 Å². The molecule has 1 unspecified atom stereocenters. The largest absolute Gasteiger partial charge is 0.329 e.